The minimum Gasteiger partial charge on any atom is -0.384 e. The van der Waals surface area contributed by atoms with Crippen molar-refractivity contribution >= 4 is 11.6 Å². The summed E-state index contributed by atoms with van der Waals surface area (Å²) in [5, 5.41) is 0.555. The molecule has 0 aliphatic rings. The highest BCUT2D eigenvalue weighted by molar-refractivity contribution is 6.30. The van der Waals surface area contributed by atoms with E-state index < -0.39 is 0 Å². The van der Waals surface area contributed by atoms with Gasteiger partial charge in [0.15, 0.2) is 0 Å². The van der Waals surface area contributed by atoms with E-state index in [1.165, 1.54) is 0 Å². The number of nitrogens with zero attached hydrogens (tertiary/aromatic N) is 2. The highest BCUT2D eigenvalue weighted by Crippen LogP contribution is 2.20. The third-order valence-corrected chi connectivity index (χ3v) is 2.76. The van der Waals surface area contributed by atoms with Crippen LogP contribution in [-0.4, -0.2) is 23.7 Å². The molecule has 1 heterocycles. The summed E-state index contributed by atoms with van der Waals surface area (Å²) in [6.07, 6.45) is 0.876. The third kappa shape index (κ3) is 2.89. The molecule has 0 spiro atoms. The van der Waals surface area contributed by atoms with E-state index in [2.05, 4.69) is 16.9 Å². The molecule has 1 unspecified atom stereocenters. The predicted molar refractivity (Wildman–Crippen MR) is 61.4 cm³/mol. The molecule has 1 aromatic rings. The van der Waals surface area contributed by atoms with Crippen LogP contribution in [0.2, 0.25) is 5.15 Å². The maximum Gasteiger partial charge on any atom is 0.135 e. The number of methoxy groups -OCH3 is 1. The van der Waals surface area contributed by atoms with Crippen molar-refractivity contribution < 1.29 is 4.74 Å². The lowest BCUT2D eigenvalue weighted by Crippen LogP contribution is -2.10. The Kier molecular flexibility index (Phi) is 4.48. The maximum absolute atomic E-state index is 6.05. The van der Waals surface area contributed by atoms with Crippen molar-refractivity contribution in [3.63, 3.8) is 0 Å². The predicted octanol–water partition coefficient (Wildman–Crippen LogP) is 2.75. The first-order chi connectivity index (χ1) is 7.10. The lowest BCUT2D eigenvalue weighted by molar-refractivity contribution is 0.181. The number of hydrogen-bond donors (Lipinski definition) is 0. The second-order valence-electron chi connectivity index (χ2n) is 3.65. The smallest absolute Gasteiger partial charge is 0.135 e. The zero-order valence-corrected chi connectivity index (χ0v) is 10.4. The molecule has 0 radical (unpaired) electrons. The Balaban J connectivity index is 3.05. The van der Waals surface area contributed by atoms with Gasteiger partial charge in [0.25, 0.3) is 0 Å². The highest BCUT2D eigenvalue weighted by Gasteiger charge is 2.13. The van der Waals surface area contributed by atoms with Gasteiger partial charge in [-0.15, -0.1) is 0 Å². The van der Waals surface area contributed by atoms with Crippen molar-refractivity contribution in [3.05, 3.63) is 22.2 Å². The van der Waals surface area contributed by atoms with Gasteiger partial charge in [-0.3, -0.25) is 0 Å². The van der Waals surface area contributed by atoms with E-state index >= 15 is 0 Å². The topological polar surface area (TPSA) is 35.0 Å². The van der Waals surface area contributed by atoms with Crippen LogP contribution in [0.15, 0.2) is 0 Å². The molecule has 0 fully saturated rings. The number of aromatic nitrogens is 2. The molecule has 1 rings (SSSR count). The van der Waals surface area contributed by atoms with Gasteiger partial charge in [0.2, 0.25) is 0 Å². The molecular weight excluding hydrogens is 212 g/mol. The number of halogens is 1. The van der Waals surface area contributed by atoms with E-state index in [0.717, 1.165) is 23.5 Å². The first kappa shape index (κ1) is 12.4. The molecule has 4 heteroatoms. The summed E-state index contributed by atoms with van der Waals surface area (Å²) in [7, 11) is 1.67. The molecule has 0 bridgehead atoms. The minimum atomic E-state index is 0.179. The van der Waals surface area contributed by atoms with Gasteiger partial charge < -0.3 is 4.74 Å². The fraction of sp³-hybridized carbons (Fsp3) is 0.636. The first-order valence-corrected chi connectivity index (χ1v) is 5.49. The van der Waals surface area contributed by atoms with Crippen LogP contribution in [-0.2, 0) is 11.2 Å². The van der Waals surface area contributed by atoms with Crippen molar-refractivity contribution in [2.45, 2.75) is 33.1 Å². The van der Waals surface area contributed by atoms with Crippen LogP contribution in [0.5, 0.6) is 0 Å². The molecule has 1 atom stereocenters. The standard InChI is InChI=1S/C11H17ClN2O/c1-5-9-8(3)10(12)14-11(13-9)7(2)6-15-4/h7H,5-6H2,1-4H3. The average Bonchev–Trinajstić information content (AvgIpc) is 2.22. The van der Waals surface area contributed by atoms with Gasteiger partial charge in [0.1, 0.15) is 11.0 Å². The van der Waals surface area contributed by atoms with Gasteiger partial charge in [0, 0.05) is 24.3 Å². The number of hydrogen-bond acceptors (Lipinski definition) is 3. The van der Waals surface area contributed by atoms with Gasteiger partial charge in [-0.1, -0.05) is 25.4 Å². The molecular formula is C11H17ClN2O. The van der Waals surface area contributed by atoms with Crippen LogP contribution in [0, 0.1) is 6.92 Å². The van der Waals surface area contributed by atoms with Crippen LogP contribution in [0.3, 0.4) is 0 Å². The lowest BCUT2D eigenvalue weighted by atomic mass is 10.1. The largest absolute Gasteiger partial charge is 0.384 e. The molecule has 3 nitrogen and oxygen atoms in total. The van der Waals surface area contributed by atoms with Gasteiger partial charge in [0.05, 0.1) is 6.61 Å². The maximum atomic E-state index is 6.05. The van der Waals surface area contributed by atoms with Crippen LogP contribution in [0.1, 0.15) is 36.8 Å². The van der Waals surface area contributed by atoms with Crippen molar-refractivity contribution in [2.75, 3.05) is 13.7 Å². The normalized spacial score (nSPS) is 12.9. The van der Waals surface area contributed by atoms with Gasteiger partial charge >= 0.3 is 0 Å². The number of ether oxygens (including phenoxy) is 1. The van der Waals surface area contributed by atoms with Gasteiger partial charge in [-0.2, -0.15) is 0 Å². The zero-order chi connectivity index (χ0) is 11.4. The van der Waals surface area contributed by atoms with Crippen LogP contribution < -0.4 is 0 Å². The molecule has 0 saturated carbocycles. The molecule has 0 aliphatic heterocycles. The molecule has 0 aromatic carbocycles. The molecule has 0 saturated heterocycles. The molecule has 0 N–H and O–H groups in total. The van der Waals surface area contributed by atoms with Crippen LogP contribution in [0.25, 0.3) is 0 Å². The molecule has 1 aromatic heterocycles. The molecule has 84 valence electrons. The Hall–Kier alpha value is -0.670. The van der Waals surface area contributed by atoms with E-state index in [1.807, 2.05) is 13.8 Å². The van der Waals surface area contributed by atoms with Gasteiger partial charge in [-0.25, -0.2) is 9.97 Å². The average molecular weight is 229 g/mol. The Morgan fingerprint density at radius 2 is 2.07 bits per heavy atom. The Morgan fingerprint density at radius 1 is 1.40 bits per heavy atom. The fourth-order valence-corrected chi connectivity index (χ4v) is 1.64. The summed E-state index contributed by atoms with van der Waals surface area (Å²) in [6.45, 7) is 6.66. The minimum absolute atomic E-state index is 0.179. The monoisotopic (exact) mass is 228 g/mol. The first-order valence-electron chi connectivity index (χ1n) is 5.12. The lowest BCUT2D eigenvalue weighted by Gasteiger charge is -2.12. The summed E-state index contributed by atoms with van der Waals surface area (Å²) < 4.78 is 5.08. The molecule has 0 amide bonds. The number of aryl methyl sites for hydroxylation is 1. The van der Waals surface area contributed by atoms with Gasteiger partial charge in [-0.05, 0) is 13.3 Å². The van der Waals surface area contributed by atoms with E-state index in [-0.39, 0.29) is 5.92 Å². The number of rotatable bonds is 4. The summed E-state index contributed by atoms with van der Waals surface area (Å²) in [6, 6.07) is 0. The fourth-order valence-electron chi connectivity index (χ4n) is 1.44. The summed E-state index contributed by atoms with van der Waals surface area (Å²) in [4.78, 5) is 8.77. The van der Waals surface area contributed by atoms with E-state index in [0.29, 0.717) is 11.8 Å². The quantitative estimate of drug-likeness (QED) is 0.744. The van der Waals surface area contributed by atoms with Crippen LogP contribution in [0.4, 0.5) is 0 Å². The third-order valence-electron chi connectivity index (χ3n) is 2.40. The zero-order valence-electron chi connectivity index (χ0n) is 9.67. The second-order valence-corrected chi connectivity index (χ2v) is 4.01. The SMILES string of the molecule is CCc1nc(C(C)COC)nc(Cl)c1C. The van der Waals surface area contributed by atoms with Crippen LogP contribution >= 0.6 is 11.6 Å². The summed E-state index contributed by atoms with van der Waals surface area (Å²) in [5.74, 6) is 0.947. The molecule has 0 aliphatic carbocycles. The van der Waals surface area contributed by atoms with Crippen molar-refractivity contribution in [2.24, 2.45) is 0 Å². The van der Waals surface area contributed by atoms with E-state index in [1.54, 1.807) is 7.11 Å². The van der Waals surface area contributed by atoms with E-state index in [9.17, 15) is 0 Å². The second kappa shape index (κ2) is 5.42. The summed E-state index contributed by atoms with van der Waals surface area (Å²) in [5.41, 5.74) is 2.00. The Labute approximate surface area is 95.8 Å². The Morgan fingerprint density at radius 3 is 2.60 bits per heavy atom. The summed E-state index contributed by atoms with van der Waals surface area (Å²) >= 11 is 6.05. The Bertz CT molecular complexity index is 342. The highest BCUT2D eigenvalue weighted by atomic mass is 35.5. The van der Waals surface area contributed by atoms with Crippen molar-refractivity contribution in [3.8, 4) is 0 Å². The molecule has 15 heavy (non-hydrogen) atoms. The van der Waals surface area contributed by atoms with Crippen molar-refractivity contribution in [1.82, 2.24) is 9.97 Å². The van der Waals surface area contributed by atoms with Crippen molar-refractivity contribution in [1.29, 1.82) is 0 Å². The van der Waals surface area contributed by atoms with E-state index in [4.69, 9.17) is 16.3 Å².